The minimum atomic E-state index is -1.45. The molecule has 3 aliphatic rings. The Labute approximate surface area is 233 Å². The van der Waals surface area contributed by atoms with Crippen LogP contribution in [0.1, 0.15) is 55.6 Å². The molecular formula is C31H32N6O3. The molecule has 2 amide bonds. The first-order chi connectivity index (χ1) is 19.1. The summed E-state index contributed by atoms with van der Waals surface area (Å²) in [7, 11) is 0. The molecule has 1 aliphatic carbocycles. The number of nitrogens with one attached hydrogen (secondary N) is 1. The van der Waals surface area contributed by atoms with Gasteiger partial charge >= 0.3 is 0 Å². The molecule has 3 aromatic rings. The molecule has 6 rings (SSSR count). The van der Waals surface area contributed by atoms with E-state index in [0.717, 1.165) is 28.7 Å². The Bertz CT molecular complexity index is 1550. The number of carbonyl (C=O) groups is 3. The van der Waals surface area contributed by atoms with E-state index in [9.17, 15) is 14.4 Å². The number of hydrogen-bond donors (Lipinski definition) is 1. The molecule has 4 atom stereocenters. The highest BCUT2D eigenvalue weighted by atomic mass is 16.2. The zero-order chi connectivity index (χ0) is 28.2. The molecule has 1 saturated heterocycles. The Morgan fingerprint density at radius 2 is 1.75 bits per heavy atom. The number of benzene rings is 2. The number of hydrogen-bond acceptors (Lipinski definition) is 7. The smallest absolute Gasteiger partial charge is 0.243 e. The van der Waals surface area contributed by atoms with E-state index in [-0.39, 0.29) is 35.5 Å². The number of piperidine rings is 1. The minimum Gasteiger partial charge on any atom is -0.350 e. The van der Waals surface area contributed by atoms with Crippen LogP contribution in [0.3, 0.4) is 0 Å². The van der Waals surface area contributed by atoms with E-state index in [0.29, 0.717) is 30.0 Å². The van der Waals surface area contributed by atoms with Crippen LogP contribution in [0.5, 0.6) is 0 Å². The number of rotatable bonds is 7. The molecule has 2 fully saturated rings. The number of aryl methyl sites for hydroxylation is 2. The zero-order valence-corrected chi connectivity index (χ0v) is 23.1. The van der Waals surface area contributed by atoms with Crippen LogP contribution >= 0.6 is 0 Å². The van der Waals surface area contributed by atoms with Gasteiger partial charge in [0, 0.05) is 36.1 Å². The third kappa shape index (κ3) is 4.29. The van der Waals surface area contributed by atoms with Gasteiger partial charge in [-0.3, -0.25) is 14.4 Å². The third-order valence-electron chi connectivity index (χ3n) is 8.71. The van der Waals surface area contributed by atoms with Gasteiger partial charge in [-0.05, 0) is 67.9 Å². The number of amides is 2. The highest BCUT2D eigenvalue weighted by molar-refractivity contribution is 5.98. The fourth-order valence-electron chi connectivity index (χ4n) is 6.21. The van der Waals surface area contributed by atoms with Crippen molar-refractivity contribution in [2.45, 2.75) is 71.1 Å². The van der Waals surface area contributed by atoms with Gasteiger partial charge in [0.1, 0.15) is 11.9 Å². The normalized spacial score (nSPS) is 25.9. The molecule has 0 radical (unpaired) electrons. The van der Waals surface area contributed by atoms with Gasteiger partial charge in [0.2, 0.25) is 11.8 Å². The first-order valence-electron chi connectivity index (χ1n) is 13.6. The van der Waals surface area contributed by atoms with Gasteiger partial charge in [-0.1, -0.05) is 37.3 Å². The predicted molar refractivity (Wildman–Crippen MR) is 148 cm³/mol. The molecule has 2 aromatic carbocycles. The van der Waals surface area contributed by atoms with E-state index in [1.54, 1.807) is 17.3 Å². The third-order valence-corrected chi connectivity index (χ3v) is 8.71. The van der Waals surface area contributed by atoms with Gasteiger partial charge in [-0.2, -0.15) is 10.2 Å². The van der Waals surface area contributed by atoms with E-state index < -0.39 is 11.6 Å². The molecule has 1 saturated carbocycles. The van der Waals surface area contributed by atoms with Crippen LogP contribution in [0.25, 0.3) is 11.1 Å². The maximum absolute atomic E-state index is 14.0. The van der Waals surface area contributed by atoms with Crippen LogP contribution < -0.4 is 5.32 Å². The van der Waals surface area contributed by atoms with E-state index in [4.69, 9.17) is 0 Å². The summed E-state index contributed by atoms with van der Waals surface area (Å²) >= 11 is 0. The summed E-state index contributed by atoms with van der Waals surface area (Å²) < 4.78 is 0. The summed E-state index contributed by atoms with van der Waals surface area (Å²) in [6.07, 6.45) is 4.75. The zero-order valence-electron chi connectivity index (χ0n) is 23.1. The van der Waals surface area contributed by atoms with E-state index in [2.05, 4.69) is 32.4 Å². The lowest BCUT2D eigenvalue weighted by Gasteiger charge is -2.30. The number of nitrogens with zero attached hydrogens (tertiary/aromatic N) is 5. The summed E-state index contributed by atoms with van der Waals surface area (Å²) in [5, 5.41) is 11.8. The molecule has 2 aliphatic heterocycles. The second-order valence-corrected chi connectivity index (χ2v) is 11.6. The standard InChI is InChI=1S/C31H32N6O3/c1-18-10-22(23-16-32-20(3)33-17-23)11-24-28(18)35-36-31(24,19(2)38)14-27(39)37-25(12-30(4)13-26(30)37)29(40)34-15-21-8-6-5-7-9-21/h5-11,16-17,25-26H,12-15H2,1-4H3,(H,34,40)/t25-,26+,30-,31?/m0/s1. The van der Waals surface area contributed by atoms with Gasteiger partial charge < -0.3 is 10.2 Å². The SMILES string of the molecule is CC(=O)C1(CC(=O)N2[C@H](C(=O)NCc3ccccc3)C[C@@]3(C)C[C@@H]23)N=Nc2c(C)cc(-c3cnc(C)nc3)cc21. The highest BCUT2D eigenvalue weighted by Gasteiger charge is 2.65. The fourth-order valence-corrected chi connectivity index (χ4v) is 6.21. The average molecular weight is 537 g/mol. The molecule has 9 nitrogen and oxygen atoms in total. The van der Waals surface area contributed by atoms with Gasteiger partial charge in [0.25, 0.3) is 0 Å². The van der Waals surface area contributed by atoms with Gasteiger partial charge in [-0.25, -0.2) is 9.97 Å². The minimum absolute atomic E-state index is 0.0212. The van der Waals surface area contributed by atoms with Crippen molar-refractivity contribution in [3.8, 4) is 11.1 Å². The maximum Gasteiger partial charge on any atom is 0.243 e. The Balaban J connectivity index is 1.29. The van der Waals surface area contributed by atoms with Gasteiger partial charge in [0.15, 0.2) is 11.3 Å². The first-order valence-corrected chi connectivity index (χ1v) is 13.6. The molecular weight excluding hydrogens is 504 g/mol. The van der Waals surface area contributed by atoms with Crippen LogP contribution in [-0.2, 0) is 26.5 Å². The van der Waals surface area contributed by atoms with Crippen molar-refractivity contribution in [2.75, 3.05) is 0 Å². The van der Waals surface area contributed by atoms with Crippen molar-refractivity contribution in [2.24, 2.45) is 15.6 Å². The number of aromatic nitrogens is 2. The van der Waals surface area contributed by atoms with Gasteiger partial charge in [0.05, 0.1) is 12.1 Å². The number of fused-ring (bicyclic) bond motifs is 2. The van der Waals surface area contributed by atoms with Crippen molar-refractivity contribution in [3.63, 3.8) is 0 Å². The first kappa shape index (κ1) is 26.0. The molecule has 1 unspecified atom stereocenters. The Kier molecular flexibility index (Phi) is 6.12. The summed E-state index contributed by atoms with van der Waals surface area (Å²) in [5.74, 6) is -0.0264. The number of likely N-dealkylation sites (tertiary alicyclic amines) is 1. The Morgan fingerprint density at radius 1 is 1.02 bits per heavy atom. The van der Waals surface area contributed by atoms with E-state index in [1.807, 2.05) is 56.3 Å². The molecule has 204 valence electrons. The summed E-state index contributed by atoms with van der Waals surface area (Å²) in [6.45, 7) is 7.70. The van der Waals surface area contributed by atoms with Crippen LogP contribution in [0.4, 0.5) is 5.69 Å². The lowest BCUT2D eigenvalue weighted by atomic mass is 9.81. The second kappa shape index (κ2) is 9.43. The topological polar surface area (TPSA) is 117 Å². The van der Waals surface area contributed by atoms with Crippen LogP contribution in [0, 0.1) is 19.3 Å². The molecule has 9 heteroatoms. The van der Waals surface area contributed by atoms with Crippen molar-refractivity contribution in [1.82, 2.24) is 20.2 Å². The van der Waals surface area contributed by atoms with Crippen LogP contribution in [-0.4, -0.2) is 44.5 Å². The molecule has 0 spiro atoms. The second-order valence-electron chi connectivity index (χ2n) is 11.6. The lowest BCUT2D eigenvalue weighted by Crippen LogP contribution is -2.49. The molecule has 1 N–H and O–H groups in total. The number of carbonyl (C=O) groups excluding carboxylic acids is 3. The Hall–Kier alpha value is -4.27. The van der Waals surface area contributed by atoms with Crippen molar-refractivity contribution in [1.29, 1.82) is 0 Å². The lowest BCUT2D eigenvalue weighted by molar-refractivity contribution is -0.142. The highest BCUT2D eigenvalue weighted by Crippen LogP contribution is 2.60. The number of Topliss-reactive ketones (excluding diaryl/α,β-unsaturated/α-hetero) is 1. The maximum atomic E-state index is 14.0. The average Bonchev–Trinajstić information content (AvgIpc) is 3.29. The van der Waals surface area contributed by atoms with E-state index in [1.165, 1.54) is 6.92 Å². The van der Waals surface area contributed by atoms with Crippen molar-refractivity contribution in [3.05, 3.63) is 77.4 Å². The molecule has 3 heterocycles. The molecule has 40 heavy (non-hydrogen) atoms. The summed E-state index contributed by atoms with van der Waals surface area (Å²) in [4.78, 5) is 51.0. The van der Waals surface area contributed by atoms with Crippen LogP contribution in [0.15, 0.2) is 65.1 Å². The quantitative estimate of drug-likeness (QED) is 0.469. The Morgan fingerprint density at radius 3 is 2.45 bits per heavy atom. The fraction of sp³-hybridized carbons (Fsp3) is 0.387. The van der Waals surface area contributed by atoms with Crippen LogP contribution in [0.2, 0.25) is 0 Å². The molecule has 1 aromatic heterocycles. The number of ketones is 1. The summed E-state index contributed by atoms with van der Waals surface area (Å²) in [5.41, 5.74) is 3.15. The monoisotopic (exact) mass is 536 g/mol. The summed E-state index contributed by atoms with van der Waals surface area (Å²) in [6, 6.07) is 12.9. The molecule has 0 bridgehead atoms. The van der Waals surface area contributed by atoms with E-state index >= 15 is 0 Å². The van der Waals surface area contributed by atoms with Crippen molar-refractivity contribution < 1.29 is 14.4 Å². The van der Waals surface area contributed by atoms with Crippen molar-refractivity contribution >= 4 is 23.3 Å². The predicted octanol–water partition coefficient (Wildman–Crippen LogP) is 4.73. The largest absolute Gasteiger partial charge is 0.350 e. The number of azo groups is 1. The van der Waals surface area contributed by atoms with Gasteiger partial charge in [-0.15, -0.1) is 0 Å².